The first-order valence-corrected chi connectivity index (χ1v) is 7.68. The van der Waals surface area contributed by atoms with E-state index in [0.717, 1.165) is 19.4 Å². The summed E-state index contributed by atoms with van der Waals surface area (Å²) in [4.78, 5) is 15.2. The van der Waals surface area contributed by atoms with E-state index in [1.807, 2.05) is 4.90 Å². The summed E-state index contributed by atoms with van der Waals surface area (Å²) in [5, 5.41) is 7.58. The van der Waals surface area contributed by atoms with Crippen LogP contribution in [0.3, 0.4) is 0 Å². The lowest BCUT2D eigenvalue weighted by Gasteiger charge is -2.38. The molecule has 5 nitrogen and oxygen atoms in total. The second-order valence-electron chi connectivity index (χ2n) is 5.81. The number of likely N-dealkylation sites (tertiary alicyclic amines) is 1. The van der Waals surface area contributed by atoms with Gasteiger partial charge in [-0.05, 0) is 24.8 Å². The third-order valence-corrected chi connectivity index (χ3v) is 4.77. The fourth-order valence-electron chi connectivity index (χ4n) is 3.45. The third-order valence-electron chi connectivity index (χ3n) is 4.59. The number of rotatable bonds is 2. The Morgan fingerprint density at radius 1 is 1.36 bits per heavy atom. The van der Waals surface area contributed by atoms with E-state index in [1.165, 1.54) is 13.0 Å². The normalized spacial score (nSPS) is 24.8. The van der Waals surface area contributed by atoms with Gasteiger partial charge in [0.05, 0.1) is 11.6 Å². The van der Waals surface area contributed by atoms with Gasteiger partial charge in [0.25, 0.3) is 6.43 Å². The minimum Gasteiger partial charge on any atom is -0.350 e. The van der Waals surface area contributed by atoms with E-state index >= 15 is 0 Å². The smallest absolute Gasteiger partial charge is 0.267 e. The zero-order chi connectivity index (χ0) is 15.9. The number of carbonyl (C=O) groups is 1. The van der Waals surface area contributed by atoms with Crippen molar-refractivity contribution in [1.82, 2.24) is 15.1 Å². The Hall–Kier alpha value is -1.50. The molecule has 22 heavy (non-hydrogen) atoms. The maximum atomic E-state index is 13.3. The summed E-state index contributed by atoms with van der Waals surface area (Å²) in [6.45, 7) is 3.47. The van der Waals surface area contributed by atoms with Crippen molar-refractivity contribution < 1.29 is 13.6 Å². The first-order chi connectivity index (χ1) is 10.5. The highest BCUT2D eigenvalue weighted by atomic mass is 35.5. The Morgan fingerprint density at radius 3 is 2.77 bits per heavy atom. The van der Waals surface area contributed by atoms with Gasteiger partial charge in [-0.1, -0.05) is 11.6 Å². The molecule has 0 N–H and O–H groups in total. The molecule has 8 heteroatoms. The summed E-state index contributed by atoms with van der Waals surface area (Å²) in [5.74, 6) is 0.609. The fourth-order valence-corrected chi connectivity index (χ4v) is 3.60. The highest BCUT2D eigenvalue weighted by Crippen LogP contribution is 2.38. The number of piperidine rings is 1. The Bertz CT molecular complexity index is 586. The van der Waals surface area contributed by atoms with Crippen LogP contribution in [0.15, 0.2) is 6.07 Å². The van der Waals surface area contributed by atoms with E-state index in [9.17, 15) is 13.6 Å². The van der Waals surface area contributed by atoms with E-state index in [-0.39, 0.29) is 28.5 Å². The predicted molar refractivity (Wildman–Crippen MR) is 78.1 cm³/mol. The molecule has 0 saturated carbocycles. The maximum absolute atomic E-state index is 13.3. The average molecular weight is 331 g/mol. The van der Waals surface area contributed by atoms with Crippen LogP contribution in [0, 0.1) is 5.92 Å². The highest BCUT2D eigenvalue weighted by molar-refractivity contribution is 6.29. The Balaban J connectivity index is 1.90. The van der Waals surface area contributed by atoms with Crippen molar-refractivity contribution >= 4 is 23.3 Å². The summed E-state index contributed by atoms with van der Waals surface area (Å²) < 4.78 is 26.5. The van der Waals surface area contributed by atoms with Gasteiger partial charge < -0.3 is 9.80 Å². The number of anilines is 1. The molecule has 1 aromatic rings. The first-order valence-electron chi connectivity index (χ1n) is 7.30. The molecular weight excluding hydrogens is 314 g/mol. The maximum Gasteiger partial charge on any atom is 0.267 e. The van der Waals surface area contributed by atoms with E-state index in [2.05, 4.69) is 10.2 Å². The zero-order valence-electron chi connectivity index (χ0n) is 12.2. The van der Waals surface area contributed by atoms with E-state index in [4.69, 9.17) is 11.6 Å². The monoisotopic (exact) mass is 330 g/mol. The van der Waals surface area contributed by atoms with Crippen molar-refractivity contribution in [3.8, 4) is 0 Å². The first kappa shape index (κ1) is 15.4. The summed E-state index contributed by atoms with van der Waals surface area (Å²) in [6, 6.07) is 1.19. The minimum atomic E-state index is -2.66. The molecule has 2 atom stereocenters. The molecule has 2 unspecified atom stereocenters. The largest absolute Gasteiger partial charge is 0.350 e. The Morgan fingerprint density at radius 2 is 2.09 bits per heavy atom. The molecule has 1 amide bonds. The van der Waals surface area contributed by atoms with Crippen molar-refractivity contribution in [2.24, 2.45) is 5.92 Å². The summed E-state index contributed by atoms with van der Waals surface area (Å²) in [5.41, 5.74) is -0.194. The molecule has 2 aliphatic rings. The third kappa shape index (κ3) is 2.74. The summed E-state index contributed by atoms with van der Waals surface area (Å²) >= 11 is 5.69. The standard InChI is InChI=1S/C14H17ClF2N4O/c1-8(22)20-4-2-9-3-5-21(11(9)7-20)14-10(13(16)17)6-12(15)18-19-14/h6,9,11,13H,2-5,7H2,1H3. The molecule has 0 aliphatic carbocycles. The lowest BCUT2D eigenvalue weighted by Crippen LogP contribution is -2.50. The topological polar surface area (TPSA) is 49.3 Å². The molecule has 0 spiro atoms. The molecule has 2 aliphatic heterocycles. The van der Waals surface area contributed by atoms with Gasteiger partial charge in [-0.15, -0.1) is 10.2 Å². The predicted octanol–water partition coefficient (Wildman–Crippen LogP) is 2.51. The Kier molecular flexibility index (Phi) is 4.16. The van der Waals surface area contributed by atoms with E-state index < -0.39 is 6.43 Å². The second kappa shape index (κ2) is 5.95. The van der Waals surface area contributed by atoms with Crippen molar-refractivity contribution in [1.29, 1.82) is 0 Å². The lowest BCUT2D eigenvalue weighted by molar-refractivity contribution is -0.130. The van der Waals surface area contributed by atoms with Gasteiger partial charge in [0, 0.05) is 26.6 Å². The summed E-state index contributed by atoms with van der Waals surface area (Å²) in [7, 11) is 0. The zero-order valence-corrected chi connectivity index (χ0v) is 12.9. The second-order valence-corrected chi connectivity index (χ2v) is 6.20. The number of hydrogen-bond acceptors (Lipinski definition) is 4. The fraction of sp³-hybridized carbons (Fsp3) is 0.643. The van der Waals surface area contributed by atoms with Gasteiger partial charge >= 0.3 is 0 Å². The number of nitrogens with zero attached hydrogens (tertiary/aromatic N) is 4. The van der Waals surface area contributed by atoms with Gasteiger partial charge in [0.1, 0.15) is 0 Å². The number of alkyl halides is 2. The molecule has 3 heterocycles. The van der Waals surface area contributed by atoms with Crippen LogP contribution in [0.5, 0.6) is 0 Å². The Labute approximate surface area is 132 Å². The van der Waals surface area contributed by atoms with Gasteiger partial charge in [0.15, 0.2) is 11.0 Å². The van der Waals surface area contributed by atoms with E-state index in [1.54, 1.807) is 4.90 Å². The average Bonchev–Trinajstić information content (AvgIpc) is 2.90. The van der Waals surface area contributed by atoms with Crippen molar-refractivity contribution in [3.63, 3.8) is 0 Å². The molecule has 0 aromatic carbocycles. The SMILES string of the molecule is CC(=O)N1CCC2CCN(c3nnc(Cl)cc3C(F)F)C2C1. The van der Waals surface area contributed by atoms with Crippen molar-refractivity contribution in [2.45, 2.75) is 32.2 Å². The van der Waals surface area contributed by atoms with Crippen LogP contribution in [0.2, 0.25) is 5.15 Å². The number of halogens is 3. The quantitative estimate of drug-likeness (QED) is 0.836. The molecule has 2 saturated heterocycles. The van der Waals surface area contributed by atoms with Gasteiger partial charge in [-0.25, -0.2) is 8.78 Å². The molecular formula is C14H17ClF2N4O. The number of aromatic nitrogens is 2. The van der Waals surface area contributed by atoms with Crippen LogP contribution >= 0.6 is 11.6 Å². The van der Waals surface area contributed by atoms with Crippen LogP contribution < -0.4 is 4.90 Å². The minimum absolute atomic E-state index is 0.0153. The highest BCUT2D eigenvalue weighted by Gasteiger charge is 2.41. The molecule has 0 bridgehead atoms. The molecule has 3 rings (SSSR count). The van der Waals surface area contributed by atoms with Gasteiger partial charge in [0.2, 0.25) is 5.91 Å². The van der Waals surface area contributed by atoms with Crippen LogP contribution in [-0.2, 0) is 4.79 Å². The van der Waals surface area contributed by atoms with Gasteiger partial charge in [-0.3, -0.25) is 4.79 Å². The molecule has 0 radical (unpaired) electrons. The van der Waals surface area contributed by atoms with E-state index in [0.29, 0.717) is 19.0 Å². The number of hydrogen-bond donors (Lipinski definition) is 0. The number of fused-ring (bicyclic) bond motifs is 1. The van der Waals surface area contributed by atoms with Gasteiger partial charge in [-0.2, -0.15) is 0 Å². The number of amides is 1. The molecule has 1 aromatic heterocycles. The lowest BCUT2D eigenvalue weighted by atomic mass is 9.92. The summed E-state index contributed by atoms with van der Waals surface area (Å²) in [6.07, 6.45) is -0.843. The van der Waals surface area contributed by atoms with Crippen molar-refractivity contribution in [3.05, 3.63) is 16.8 Å². The molecule has 2 fully saturated rings. The van der Waals surface area contributed by atoms with Crippen molar-refractivity contribution in [2.75, 3.05) is 24.5 Å². The molecule has 120 valence electrons. The van der Waals surface area contributed by atoms with Crippen LogP contribution in [-0.4, -0.2) is 46.7 Å². The van der Waals surface area contributed by atoms with Crippen LogP contribution in [0.25, 0.3) is 0 Å². The number of carbonyl (C=O) groups excluding carboxylic acids is 1. The van der Waals surface area contributed by atoms with Crippen LogP contribution in [0.1, 0.15) is 31.8 Å². The van der Waals surface area contributed by atoms with Crippen LogP contribution in [0.4, 0.5) is 14.6 Å².